The number of benzene rings is 3. The monoisotopic (exact) mass is 608 g/mol. The van der Waals surface area contributed by atoms with Crippen molar-refractivity contribution in [1.29, 1.82) is 0 Å². The molecule has 0 nitrogen and oxygen atoms in total. The Kier molecular flexibility index (Phi) is 14.1. The first-order valence-corrected chi connectivity index (χ1v) is 17.6. The van der Waals surface area contributed by atoms with Crippen LogP contribution < -0.4 is 0 Å². The van der Waals surface area contributed by atoms with Crippen molar-refractivity contribution in [2.45, 2.75) is 73.1 Å². The summed E-state index contributed by atoms with van der Waals surface area (Å²) in [4.78, 5) is 0. The average molecular weight is 610 g/mol. The summed E-state index contributed by atoms with van der Waals surface area (Å²) in [5.74, 6) is 1.80. The molecule has 39 heavy (non-hydrogen) atoms. The van der Waals surface area contributed by atoms with Gasteiger partial charge in [-0.25, -0.2) is 0 Å². The van der Waals surface area contributed by atoms with Crippen LogP contribution in [0.4, 0.5) is 0 Å². The van der Waals surface area contributed by atoms with E-state index in [0.29, 0.717) is 17.8 Å². The van der Waals surface area contributed by atoms with Crippen LogP contribution in [0, 0.1) is 28.7 Å². The summed E-state index contributed by atoms with van der Waals surface area (Å²) >= 11 is 1.36. The van der Waals surface area contributed by atoms with Crippen LogP contribution in [0.25, 0.3) is 32.7 Å². The van der Waals surface area contributed by atoms with Crippen LogP contribution in [0.15, 0.2) is 78.9 Å². The van der Waals surface area contributed by atoms with Gasteiger partial charge in [-0.3, -0.25) is 0 Å². The topological polar surface area (TPSA) is 0 Å². The van der Waals surface area contributed by atoms with E-state index in [1.165, 1.54) is 83.8 Å². The molecule has 0 heterocycles. The van der Waals surface area contributed by atoms with E-state index in [9.17, 15) is 0 Å². The van der Waals surface area contributed by atoms with Crippen molar-refractivity contribution in [1.82, 2.24) is 0 Å². The summed E-state index contributed by atoms with van der Waals surface area (Å²) in [6.07, 6.45) is 0. The van der Waals surface area contributed by atoms with Gasteiger partial charge in [0.2, 0.25) is 0 Å². The van der Waals surface area contributed by atoms with Crippen molar-refractivity contribution in [2.75, 3.05) is 0 Å². The van der Waals surface area contributed by atoms with Gasteiger partial charge in [0, 0.05) is 0 Å². The Morgan fingerprint density at radius 2 is 1.31 bits per heavy atom. The molecule has 0 N–H and O–H groups in total. The molecule has 206 valence electrons. The van der Waals surface area contributed by atoms with Crippen molar-refractivity contribution in [2.24, 2.45) is 0 Å². The molecule has 5 rings (SSSR count). The quantitative estimate of drug-likeness (QED) is 0.140. The second-order valence-electron chi connectivity index (χ2n) is 11.0. The summed E-state index contributed by atoms with van der Waals surface area (Å²) in [7, 11) is 0. The van der Waals surface area contributed by atoms with E-state index in [2.05, 4.69) is 141 Å². The minimum atomic E-state index is 0. The van der Waals surface area contributed by atoms with Gasteiger partial charge in [0.15, 0.2) is 0 Å². The second kappa shape index (κ2) is 15.7. The number of aryl methyl sites for hydroxylation is 2. The van der Waals surface area contributed by atoms with E-state index in [-0.39, 0.29) is 14.9 Å². The van der Waals surface area contributed by atoms with E-state index >= 15 is 0 Å². The molecule has 0 aromatic heterocycles. The van der Waals surface area contributed by atoms with Crippen molar-refractivity contribution in [3.63, 3.8) is 0 Å². The maximum atomic E-state index is 3.06. The second-order valence-corrected chi connectivity index (χ2v) is 11.0. The van der Waals surface area contributed by atoms with Crippen LogP contribution in [0.2, 0.25) is 0 Å². The van der Waals surface area contributed by atoms with E-state index < -0.39 is 0 Å². The molecule has 0 saturated carbocycles. The van der Waals surface area contributed by atoms with E-state index in [1.807, 2.05) is 0 Å². The molecule has 0 amide bonds. The predicted octanol–water partition coefficient (Wildman–Crippen LogP) is 11.3. The number of rotatable bonds is 4. The fraction of sp³-hybridized carbons (Fsp3) is 0.297. The summed E-state index contributed by atoms with van der Waals surface area (Å²) in [6, 6.07) is 29.1. The number of hydrogen-bond donors (Lipinski definition) is 0. The minimum absolute atomic E-state index is 0. The van der Waals surface area contributed by atoms with Crippen LogP contribution in [-0.4, -0.2) is 6.88 Å². The summed E-state index contributed by atoms with van der Waals surface area (Å²) in [5, 5.41) is 5.63. The first-order valence-electron chi connectivity index (χ1n) is 13.4. The van der Waals surface area contributed by atoms with Crippen LogP contribution in [0.5, 0.6) is 0 Å². The molecule has 2 heteroatoms. The standard InChI is InChI=1S/C18H25.C17H15.2CH3.Si.Zr/c1-11(2)14-7-16-8-15(12(3)4)10-18(16)17(9-14)13(5)6;1-12-10-16-13(2)8-9-15(17(16)11-12)14-6-4-3-5-7-14;;;;/h7-13H,1-6H3;3-11H,1-2H3;2*1H3;;/q4*-1;;. The van der Waals surface area contributed by atoms with Crippen LogP contribution in [0.3, 0.4) is 0 Å². The average Bonchev–Trinajstić information content (AvgIpc) is 3.50. The molecule has 5 aromatic rings. The Morgan fingerprint density at radius 1 is 0.667 bits per heavy atom. The first kappa shape index (κ1) is 35.0. The van der Waals surface area contributed by atoms with Crippen LogP contribution >= 0.6 is 0 Å². The first-order chi connectivity index (χ1) is 17.7. The van der Waals surface area contributed by atoms with E-state index in [1.54, 1.807) is 0 Å². The predicted molar refractivity (Wildman–Crippen MR) is 175 cm³/mol. The molecule has 0 bridgehead atoms. The molecular formula is C37H46SiZr-4. The van der Waals surface area contributed by atoms with Gasteiger partial charge in [-0.15, -0.1) is 62.5 Å². The molecule has 0 aliphatic rings. The molecule has 0 saturated heterocycles. The van der Waals surface area contributed by atoms with Gasteiger partial charge in [0.05, 0.1) is 0 Å². The fourth-order valence-electron chi connectivity index (χ4n) is 5.00. The summed E-state index contributed by atoms with van der Waals surface area (Å²) < 4.78 is 0. The molecule has 0 aliphatic carbocycles. The third kappa shape index (κ3) is 8.25. The van der Waals surface area contributed by atoms with Gasteiger partial charge in [-0.1, -0.05) is 115 Å². The molecular weight excluding hydrogens is 564 g/mol. The number of fused-ring (bicyclic) bond motifs is 2. The molecule has 2 radical (unpaired) electrons. The Hall–Kier alpha value is -2.02. The fourth-order valence-corrected chi connectivity index (χ4v) is 5.00. The third-order valence-corrected chi connectivity index (χ3v) is 7.19. The Labute approximate surface area is 256 Å². The van der Waals surface area contributed by atoms with Crippen molar-refractivity contribution in [3.05, 3.63) is 122 Å². The van der Waals surface area contributed by atoms with Crippen LogP contribution in [0.1, 0.15) is 87.1 Å². The van der Waals surface area contributed by atoms with Gasteiger partial charge in [-0.2, -0.15) is 12.1 Å². The van der Waals surface area contributed by atoms with Gasteiger partial charge in [0.1, 0.15) is 0 Å². The van der Waals surface area contributed by atoms with Crippen LogP contribution in [-0.2, 0) is 23.3 Å². The van der Waals surface area contributed by atoms with Crippen molar-refractivity contribution < 1.29 is 23.3 Å². The molecule has 0 atom stereocenters. The number of hydrogen-bond acceptors (Lipinski definition) is 0. The van der Waals surface area contributed by atoms with Crippen molar-refractivity contribution >= 4 is 28.4 Å². The third-order valence-electron chi connectivity index (χ3n) is 7.19. The Bertz CT molecular complexity index is 1450. The SMILES string of the molecule is CC(C)c1cc(C(C)C)c2cc(C(C)C)[cH-]c2c1.Cc1cc2c(-c3ccccc3)ccc(C)c2[cH-]1.[CH3-].[CH3-].[Si]=[Zr]. The molecule has 0 fully saturated rings. The summed E-state index contributed by atoms with van der Waals surface area (Å²) in [5.41, 5.74) is 9.75. The normalized spacial score (nSPS) is 10.5. The van der Waals surface area contributed by atoms with E-state index in [0.717, 1.165) is 0 Å². The molecule has 0 unspecified atom stereocenters. The Morgan fingerprint density at radius 3 is 1.87 bits per heavy atom. The van der Waals surface area contributed by atoms with Crippen molar-refractivity contribution in [3.8, 4) is 11.1 Å². The van der Waals surface area contributed by atoms with Gasteiger partial charge in [0.25, 0.3) is 0 Å². The molecule has 0 spiro atoms. The van der Waals surface area contributed by atoms with Gasteiger partial charge >= 0.3 is 30.2 Å². The zero-order valence-corrected chi connectivity index (χ0v) is 29.2. The Balaban J connectivity index is 0.000000350. The zero-order valence-electron chi connectivity index (χ0n) is 25.7. The van der Waals surface area contributed by atoms with Gasteiger partial charge < -0.3 is 14.9 Å². The maximum absolute atomic E-state index is 3.06. The van der Waals surface area contributed by atoms with Gasteiger partial charge in [-0.05, 0) is 23.3 Å². The molecule has 5 aromatic carbocycles. The molecule has 0 aliphatic heterocycles. The summed E-state index contributed by atoms with van der Waals surface area (Å²) in [6.45, 7) is 21.1. The zero-order chi connectivity index (χ0) is 27.3. The van der Waals surface area contributed by atoms with E-state index in [4.69, 9.17) is 0 Å².